The average Bonchev–Trinajstić information content (AvgIpc) is 3.62. The average molecular weight is 516 g/mol. The normalized spacial score (nSPS) is 11.4. The standard InChI is InChI=1S/C25H22FN9O3/c1-25(2,37)15-38-20-6-21(24-17(7-27)9-29-35(24)14-20)33-13-19(11-31-33)32-23(36)5-16-3-4-22(28-8-16)34-12-18(26)10-30-34/h3-4,6,8-14,37H,5,15H2,1-2H3,(H,32,36). The minimum Gasteiger partial charge on any atom is -0.489 e. The Balaban J connectivity index is 1.33. The molecular weight excluding hydrogens is 493 g/mol. The summed E-state index contributed by atoms with van der Waals surface area (Å²) in [5.74, 6) is 0.0776. The number of ether oxygens (including phenoxy) is 1. The first-order chi connectivity index (χ1) is 18.2. The summed E-state index contributed by atoms with van der Waals surface area (Å²) in [6.45, 7) is 3.29. The Labute approximate surface area is 215 Å². The third-order valence-corrected chi connectivity index (χ3v) is 5.35. The Hall–Kier alpha value is -5.09. The molecule has 5 aromatic heterocycles. The van der Waals surface area contributed by atoms with Crippen LogP contribution in [0.1, 0.15) is 25.0 Å². The first-order valence-corrected chi connectivity index (χ1v) is 11.5. The summed E-state index contributed by atoms with van der Waals surface area (Å²) in [7, 11) is 0. The number of fused-ring (bicyclic) bond motifs is 1. The van der Waals surface area contributed by atoms with Crippen molar-refractivity contribution in [1.82, 2.24) is 34.2 Å². The van der Waals surface area contributed by atoms with Gasteiger partial charge in [0.1, 0.15) is 23.9 Å². The van der Waals surface area contributed by atoms with Crippen LogP contribution in [0.3, 0.4) is 0 Å². The third kappa shape index (κ3) is 5.35. The van der Waals surface area contributed by atoms with Crippen molar-refractivity contribution >= 4 is 17.1 Å². The van der Waals surface area contributed by atoms with E-state index in [0.29, 0.717) is 39.6 Å². The van der Waals surface area contributed by atoms with Crippen LogP contribution >= 0.6 is 0 Å². The van der Waals surface area contributed by atoms with E-state index in [0.717, 1.165) is 6.20 Å². The van der Waals surface area contributed by atoms with Crippen LogP contribution in [0, 0.1) is 17.1 Å². The van der Waals surface area contributed by atoms with Gasteiger partial charge in [-0.2, -0.15) is 20.6 Å². The molecule has 0 saturated carbocycles. The molecule has 38 heavy (non-hydrogen) atoms. The van der Waals surface area contributed by atoms with Crippen molar-refractivity contribution < 1.29 is 19.0 Å². The Morgan fingerprint density at radius 1 is 1.13 bits per heavy atom. The molecule has 0 aliphatic heterocycles. The number of anilines is 1. The molecule has 0 atom stereocenters. The van der Waals surface area contributed by atoms with Gasteiger partial charge in [-0.25, -0.2) is 23.3 Å². The van der Waals surface area contributed by atoms with Crippen molar-refractivity contribution in [3.05, 3.63) is 78.5 Å². The quantitative estimate of drug-likeness (QED) is 0.320. The smallest absolute Gasteiger partial charge is 0.228 e. The van der Waals surface area contributed by atoms with Gasteiger partial charge in [0.25, 0.3) is 0 Å². The summed E-state index contributed by atoms with van der Waals surface area (Å²) in [5, 5.41) is 34.8. The van der Waals surface area contributed by atoms with Crippen LogP contribution in [0.4, 0.5) is 10.1 Å². The van der Waals surface area contributed by atoms with Gasteiger partial charge in [0.05, 0.1) is 66.1 Å². The van der Waals surface area contributed by atoms with E-state index >= 15 is 0 Å². The number of pyridine rings is 2. The largest absolute Gasteiger partial charge is 0.489 e. The zero-order valence-corrected chi connectivity index (χ0v) is 20.4. The number of carbonyl (C=O) groups excluding carboxylic acids is 1. The SMILES string of the molecule is CC(C)(O)COc1cc(-n2cc(NC(=O)Cc3ccc(-n4cc(F)cn4)nc3)cn2)c2c(C#N)cnn2c1. The minimum atomic E-state index is -1.05. The fourth-order valence-corrected chi connectivity index (χ4v) is 3.66. The predicted molar refractivity (Wildman–Crippen MR) is 132 cm³/mol. The molecular formula is C25H22FN9O3. The number of carbonyl (C=O) groups is 1. The highest BCUT2D eigenvalue weighted by Gasteiger charge is 2.18. The van der Waals surface area contributed by atoms with Crippen molar-refractivity contribution in [3.63, 3.8) is 0 Å². The minimum absolute atomic E-state index is 0.0411. The number of nitriles is 1. The second-order valence-corrected chi connectivity index (χ2v) is 9.15. The van der Waals surface area contributed by atoms with Gasteiger partial charge >= 0.3 is 0 Å². The molecule has 12 nitrogen and oxygen atoms in total. The summed E-state index contributed by atoms with van der Waals surface area (Å²) < 4.78 is 23.2. The summed E-state index contributed by atoms with van der Waals surface area (Å²) in [4.78, 5) is 16.9. The number of amides is 1. The van der Waals surface area contributed by atoms with Gasteiger partial charge in [-0.1, -0.05) is 6.07 Å². The molecule has 5 aromatic rings. The summed E-state index contributed by atoms with van der Waals surface area (Å²) in [6.07, 6.45) is 10.0. The Morgan fingerprint density at radius 2 is 1.95 bits per heavy atom. The molecule has 2 N–H and O–H groups in total. The van der Waals surface area contributed by atoms with Gasteiger partial charge in [0.2, 0.25) is 5.91 Å². The van der Waals surface area contributed by atoms with Crippen LogP contribution in [0.25, 0.3) is 17.0 Å². The van der Waals surface area contributed by atoms with Crippen LogP contribution in [-0.2, 0) is 11.2 Å². The maximum Gasteiger partial charge on any atom is 0.228 e. The van der Waals surface area contributed by atoms with Crippen molar-refractivity contribution in [2.75, 3.05) is 11.9 Å². The maximum atomic E-state index is 13.2. The summed E-state index contributed by atoms with van der Waals surface area (Å²) in [5.41, 5.74) is 1.39. The highest BCUT2D eigenvalue weighted by atomic mass is 19.1. The number of nitrogens with zero attached hydrogens (tertiary/aromatic N) is 8. The number of rotatable bonds is 8. The Bertz CT molecular complexity index is 1660. The number of hydrogen-bond acceptors (Lipinski definition) is 8. The van der Waals surface area contributed by atoms with E-state index in [-0.39, 0.29) is 18.9 Å². The first kappa shape index (κ1) is 24.6. The fraction of sp³-hybridized carbons (Fsp3) is 0.200. The zero-order chi connectivity index (χ0) is 26.9. The van der Waals surface area contributed by atoms with Crippen molar-refractivity contribution in [2.45, 2.75) is 25.9 Å². The fourth-order valence-electron chi connectivity index (χ4n) is 3.66. The number of aromatic nitrogens is 7. The van der Waals surface area contributed by atoms with Gasteiger partial charge in [-0.3, -0.25) is 4.79 Å². The van der Waals surface area contributed by atoms with Crippen molar-refractivity contribution in [3.8, 4) is 23.3 Å². The number of halogens is 1. The lowest BCUT2D eigenvalue weighted by Gasteiger charge is -2.18. The van der Waals surface area contributed by atoms with E-state index in [1.54, 1.807) is 44.4 Å². The van der Waals surface area contributed by atoms with E-state index in [1.165, 1.54) is 38.7 Å². The topological polar surface area (TPSA) is 148 Å². The molecule has 0 fully saturated rings. The maximum absolute atomic E-state index is 13.2. The zero-order valence-electron chi connectivity index (χ0n) is 20.4. The first-order valence-electron chi connectivity index (χ1n) is 11.5. The number of aliphatic hydroxyl groups is 1. The Kier molecular flexibility index (Phi) is 6.31. The molecule has 5 heterocycles. The van der Waals surface area contributed by atoms with Crippen LogP contribution in [0.15, 0.2) is 61.6 Å². The molecule has 192 valence electrons. The molecule has 0 saturated heterocycles. The highest BCUT2D eigenvalue weighted by molar-refractivity contribution is 5.92. The molecule has 5 rings (SSSR count). The Morgan fingerprint density at radius 3 is 2.63 bits per heavy atom. The van der Waals surface area contributed by atoms with Gasteiger partial charge in [0.15, 0.2) is 11.6 Å². The monoisotopic (exact) mass is 515 g/mol. The van der Waals surface area contributed by atoms with E-state index < -0.39 is 11.4 Å². The molecule has 13 heteroatoms. The summed E-state index contributed by atoms with van der Waals surface area (Å²) in [6, 6.07) is 7.15. The van der Waals surface area contributed by atoms with Gasteiger partial charge in [-0.15, -0.1) is 0 Å². The van der Waals surface area contributed by atoms with Gasteiger partial charge in [-0.05, 0) is 25.5 Å². The predicted octanol–water partition coefficient (Wildman–Crippen LogP) is 2.44. The molecule has 1 amide bonds. The van der Waals surface area contributed by atoms with Crippen LogP contribution in [0.2, 0.25) is 0 Å². The lowest BCUT2D eigenvalue weighted by molar-refractivity contribution is -0.115. The lowest BCUT2D eigenvalue weighted by atomic mass is 10.2. The number of nitrogens with one attached hydrogen (secondary N) is 1. The van der Waals surface area contributed by atoms with Crippen LogP contribution < -0.4 is 10.1 Å². The molecule has 0 aromatic carbocycles. The molecule has 0 spiro atoms. The van der Waals surface area contributed by atoms with Crippen molar-refractivity contribution in [1.29, 1.82) is 5.26 Å². The summed E-state index contributed by atoms with van der Waals surface area (Å²) >= 11 is 0. The van der Waals surface area contributed by atoms with E-state index in [9.17, 15) is 19.6 Å². The lowest BCUT2D eigenvalue weighted by Crippen LogP contribution is -2.28. The third-order valence-electron chi connectivity index (χ3n) is 5.35. The molecule has 0 bridgehead atoms. The van der Waals surface area contributed by atoms with Crippen LogP contribution in [0.5, 0.6) is 5.75 Å². The van der Waals surface area contributed by atoms with E-state index in [4.69, 9.17) is 4.74 Å². The molecule has 0 radical (unpaired) electrons. The number of hydrogen-bond donors (Lipinski definition) is 2. The van der Waals surface area contributed by atoms with Gasteiger partial charge < -0.3 is 15.2 Å². The second-order valence-electron chi connectivity index (χ2n) is 9.15. The van der Waals surface area contributed by atoms with Crippen LogP contribution in [-0.4, -0.2) is 57.4 Å². The van der Waals surface area contributed by atoms with E-state index in [1.807, 2.05) is 0 Å². The second kappa shape index (κ2) is 9.75. The van der Waals surface area contributed by atoms with Gasteiger partial charge in [0, 0.05) is 12.3 Å². The molecule has 0 unspecified atom stereocenters. The highest BCUT2D eigenvalue weighted by Crippen LogP contribution is 2.26. The molecule has 0 aliphatic rings. The van der Waals surface area contributed by atoms with E-state index in [2.05, 4.69) is 31.7 Å². The van der Waals surface area contributed by atoms with Crippen molar-refractivity contribution in [2.24, 2.45) is 0 Å². The molecule has 0 aliphatic carbocycles.